The van der Waals surface area contributed by atoms with Crippen LogP contribution in [0, 0.1) is 11.8 Å². The van der Waals surface area contributed by atoms with Crippen LogP contribution in [0.4, 0.5) is 5.69 Å². The average Bonchev–Trinajstić information content (AvgIpc) is 2.72. The van der Waals surface area contributed by atoms with Crippen molar-refractivity contribution in [2.24, 2.45) is 11.8 Å². The summed E-state index contributed by atoms with van der Waals surface area (Å²) in [6.07, 6.45) is 3.27. The molecule has 1 aromatic carbocycles. The van der Waals surface area contributed by atoms with Gasteiger partial charge in [-0.05, 0) is 49.8 Å². The summed E-state index contributed by atoms with van der Waals surface area (Å²) in [6.45, 7) is 4.35. The summed E-state index contributed by atoms with van der Waals surface area (Å²) >= 11 is 0. The van der Waals surface area contributed by atoms with Crippen molar-refractivity contribution in [3.8, 4) is 5.75 Å². The van der Waals surface area contributed by atoms with E-state index < -0.39 is 10.0 Å². The molecule has 3 aliphatic rings. The summed E-state index contributed by atoms with van der Waals surface area (Å²) in [5.74, 6) is 0.744. The number of ether oxygens (including phenoxy) is 1. The number of anilines is 1. The SMILES string of the molecule is C[C@H]1CCCN(C(=O)C2CCN(S(=O)(=O)c3ccc4c(c3)NC(=O)CO4)CC2)C1. The van der Waals surface area contributed by atoms with Gasteiger partial charge in [0, 0.05) is 32.1 Å². The topological polar surface area (TPSA) is 96.0 Å². The molecule has 0 aliphatic carbocycles. The Morgan fingerprint density at radius 3 is 2.66 bits per heavy atom. The second-order valence-electron chi connectivity index (χ2n) is 8.20. The smallest absolute Gasteiger partial charge is 0.262 e. The fourth-order valence-corrected chi connectivity index (χ4v) is 5.86. The summed E-state index contributed by atoms with van der Waals surface area (Å²) in [6, 6.07) is 4.50. The Balaban J connectivity index is 1.42. The Labute approximate surface area is 171 Å². The molecule has 29 heavy (non-hydrogen) atoms. The third kappa shape index (κ3) is 4.11. The van der Waals surface area contributed by atoms with Crippen LogP contribution in [0.1, 0.15) is 32.6 Å². The summed E-state index contributed by atoms with van der Waals surface area (Å²) in [5, 5.41) is 2.64. The molecule has 0 saturated carbocycles. The number of amides is 2. The molecule has 9 heteroatoms. The largest absolute Gasteiger partial charge is 0.482 e. The molecule has 3 heterocycles. The molecule has 0 spiro atoms. The quantitative estimate of drug-likeness (QED) is 0.801. The van der Waals surface area contributed by atoms with Crippen LogP contribution >= 0.6 is 0 Å². The molecule has 0 bridgehead atoms. The van der Waals surface area contributed by atoms with E-state index in [0.717, 1.165) is 25.9 Å². The van der Waals surface area contributed by atoms with Gasteiger partial charge in [0.15, 0.2) is 6.61 Å². The first-order chi connectivity index (χ1) is 13.8. The van der Waals surface area contributed by atoms with E-state index in [9.17, 15) is 18.0 Å². The summed E-state index contributed by atoms with van der Waals surface area (Å²) in [5.41, 5.74) is 0.367. The minimum absolute atomic E-state index is 0.0730. The predicted octanol–water partition coefficient (Wildman–Crippen LogP) is 1.68. The molecule has 158 valence electrons. The number of rotatable bonds is 3. The van der Waals surface area contributed by atoms with Crippen molar-refractivity contribution < 1.29 is 22.7 Å². The fourth-order valence-electron chi connectivity index (χ4n) is 4.36. The zero-order chi connectivity index (χ0) is 20.6. The van der Waals surface area contributed by atoms with Gasteiger partial charge in [0.1, 0.15) is 5.75 Å². The lowest BCUT2D eigenvalue weighted by molar-refractivity contribution is -0.138. The number of benzene rings is 1. The lowest BCUT2D eigenvalue weighted by atomic mass is 9.93. The fraction of sp³-hybridized carbons (Fsp3) is 0.600. The van der Waals surface area contributed by atoms with Crippen molar-refractivity contribution in [2.45, 2.75) is 37.5 Å². The number of likely N-dealkylation sites (tertiary alicyclic amines) is 1. The first-order valence-corrected chi connectivity index (χ1v) is 11.6. The van der Waals surface area contributed by atoms with E-state index in [1.54, 1.807) is 6.07 Å². The van der Waals surface area contributed by atoms with E-state index in [0.29, 0.717) is 43.3 Å². The molecule has 4 rings (SSSR count). The number of piperidine rings is 2. The predicted molar refractivity (Wildman–Crippen MR) is 107 cm³/mol. The summed E-state index contributed by atoms with van der Waals surface area (Å²) < 4.78 is 32.8. The molecule has 0 unspecified atom stereocenters. The van der Waals surface area contributed by atoms with Crippen LogP contribution in [0.5, 0.6) is 5.75 Å². The zero-order valence-electron chi connectivity index (χ0n) is 16.6. The van der Waals surface area contributed by atoms with Crippen LogP contribution < -0.4 is 10.1 Å². The van der Waals surface area contributed by atoms with Gasteiger partial charge in [0.25, 0.3) is 5.91 Å². The van der Waals surface area contributed by atoms with Crippen LogP contribution in [-0.2, 0) is 19.6 Å². The number of hydrogen-bond donors (Lipinski definition) is 1. The molecule has 0 radical (unpaired) electrons. The number of hydrogen-bond acceptors (Lipinski definition) is 5. The number of nitrogens with one attached hydrogen (secondary N) is 1. The van der Waals surface area contributed by atoms with Gasteiger partial charge in [-0.2, -0.15) is 4.31 Å². The lowest BCUT2D eigenvalue weighted by Crippen LogP contribution is -2.46. The van der Waals surface area contributed by atoms with Crippen LogP contribution in [0.3, 0.4) is 0 Å². The van der Waals surface area contributed by atoms with Gasteiger partial charge in [-0.15, -0.1) is 0 Å². The maximum absolute atomic E-state index is 13.1. The highest BCUT2D eigenvalue weighted by Crippen LogP contribution is 2.32. The van der Waals surface area contributed by atoms with Gasteiger partial charge >= 0.3 is 0 Å². The molecule has 2 amide bonds. The Kier molecular flexibility index (Phi) is 5.52. The van der Waals surface area contributed by atoms with Crippen molar-refractivity contribution in [3.63, 3.8) is 0 Å². The molecular weight excluding hydrogens is 394 g/mol. The van der Waals surface area contributed by atoms with E-state index in [1.807, 2.05) is 4.90 Å². The van der Waals surface area contributed by atoms with E-state index in [4.69, 9.17) is 4.74 Å². The summed E-state index contributed by atoms with van der Waals surface area (Å²) in [4.78, 5) is 26.4. The Morgan fingerprint density at radius 2 is 1.93 bits per heavy atom. The van der Waals surface area contributed by atoms with Crippen molar-refractivity contribution in [3.05, 3.63) is 18.2 Å². The Hall–Kier alpha value is -2.13. The summed E-state index contributed by atoms with van der Waals surface area (Å²) in [7, 11) is -3.69. The van der Waals surface area contributed by atoms with Gasteiger partial charge in [-0.3, -0.25) is 9.59 Å². The molecule has 1 atom stereocenters. The Morgan fingerprint density at radius 1 is 1.17 bits per heavy atom. The minimum Gasteiger partial charge on any atom is -0.482 e. The third-order valence-electron chi connectivity index (χ3n) is 5.99. The maximum atomic E-state index is 13.1. The van der Waals surface area contributed by atoms with E-state index in [-0.39, 0.29) is 29.2 Å². The second kappa shape index (κ2) is 7.95. The van der Waals surface area contributed by atoms with Gasteiger partial charge in [0.05, 0.1) is 10.6 Å². The van der Waals surface area contributed by atoms with E-state index in [2.05, 4.69) is 12.2 Å². The first kappa shape index (κ1) is 20.2. The Bertz CT molecular complexity index is 909. The lowest BCUT2D eigenvalue weighted by Gasteiger charge is -2.36. The third-order valence-corrected chi connectivity index (χ3v) is 7.89. The molecule has 1 N–H and O–H groups in total. The molecule has 2 fully saturated rings. The van der Waals surface area contributed by atoms with Crippen molar-refractivity contribution in [1.82, 2.24) is 9.21 Å². The highest BCUT2D eigenvalue weighted by Gasteiger charge is 2.35. The normalized spacial score (nSPS) is 23.8. The van der Waals surface area contributed by atoms with Crippen LogP contribution in [0.2, 0.25) is 0 Å². The number of sulfonamides is 1. The highest BCUT2D eigenvalue weighted by atomic mass is 32.2. The molecule has 8 nitrogen and oxygen atoms in total. The van der Waals surface area contributed by atoms with Gasteiger partial charge in [-0.25, -0.2) is 8.42 Å². The molecule has 3 aliphatic heterocycles. The monoisotopic (exact) mass is 421 g/mol. The number of carbonyl (C=O) groups is 2. The van der Waals surface area contributed by atoms with Gasteiger partial charge in [0.2, 0.25) is 15.9 Å². The van der Waals surface area contributed by atoms with Crippen molar-refractivity contribution >= 4 is 27.5 Å². The molecular formula is C20H27N3O5S. The first-order valence-electron chi connectivity index (χ1n) is 10.2. The number of carbonyl (C=O) groups excluding carboxylic acids is 2. The average molecular weight is 422 g/mol. The van der Waals surface area contributed by atoms with Crippen LogP contribution in [0.25, 0.3) is 0 Å². The molecule has 2 saturated heterocycles. The maximum Gasteiger partial charge on any atom is 0.262 e. The highest BCUT2D eigenvalue weighted by molar-refractivity contribution is 7.89. The molecule has 0 aromatic heterocycles. The van der Waals surface area contributed by atoms with Crippen LogP contribution in [0.15, 0.2) is 23.1 Å². The van der Waals surface area contributed by atoms with Crippen molar-refractivity contribution in [1.29, 1.82) is 0 Å². The van der Waals surface area contributed by atoms with Gasteiger partial charge < -0.3 is 15.0 Å². The standard InChI is InChI=1S/C20H27N3O5S/c1-14-3-2-8-22(12-14)20(25)15-6-9-23(10-7-15)29(26,27)16-4-5-18-17(11-16)21-19(24)13-28-18/h4-5,11,14-15H,2-3,6-10,12-13H2,1H3,(H,21,24)/t14-/m0/s1. The number of fused-ring (bicyclic) bond motifs is 1. The van der Waals surface area contributed by atoms with Crippen molar-refractivity contribution in [2.75, 3.05) is 38.1 Å². The number of nitrogens with zero attached hydrogens (tertiary/aromatic N) is 2. The van der Waals surface area contributed by atoms with E-state index >= 15 is 0 Å². The molecule has 1 aromatic rings. The zero-order valence-corrected chi connectivity index (χ0v) is 17.4. The van der Waals surface area contributed by atoms with E-state index in [1.165, 1.54) is 16.4 Å². The second-order valence-corrected chi connectivity index (χ2v) is 10.1. The van der Waals surface area contributed by atoms with Gasteiger partial charge in [-0.1, -0.05) is 6.92 Å². The van der Waals surface area contributed by atoms with Crippen LogP contribution in [-0.4, -0.2) is 62.2 Å². The minimum atomic E-state index is -3.69.